The molecule has 0 aliphatic rings. The SMILES string of the molecule is CC(C)N(C(=O)CNc1ccc(C(N)=O)c(F)c1)c1ccccc1. The van der Waals surface area contributed by atoms with Gasteiger partial charge in [-0.25, -0.2) is 4.39 Å². The Morgan fingerprint density at radius 1 is 1.17 bits per heavy atom. The van der Waals surface area contributed by atoms with Gasteiger partial charge in [0.2, 0.25) is 5.91 Å². The molecular weight excluding hydrogens is 309 g/mol. The molecule has 0 spiro atoms. The second-order valence-electron chi connectivity index (χ2n) is 5.61. The summed E-state index contributed by atoms with van der Waals surface area (Å²) < 4.78 is 13.7. The molecule has 0 aliphatic carbocycles. The minimum Gasteiger partial charge on any atom is -0.376 e. The summed E-state index contributed by atoms with van der Waals surface area (Å²) in [5.74, 6) is -1.69. The Bertz CT molecular complexity index is 732. The molecule has 2 rings (SSSR count). The van der Waals surface area contributed by atoms with Gasteiger partial charge in [0.05, 0.1) is 12.1 Å². The lowest BCUT2D eigenvalue weighted by Crippen LogP contribution is -2.40. The third kappa shape index (κ3) is 4.10. The molecule has 0 saturated heterocycles. The van der Waals surface area contributed by atoms with Gasteiger partial charge in [0.1, 0.15) is 5.82 Å². The Kier molecular flexibility index (Phi) is 5.52. The van der Waals surface area contributed by atoms with Crippen LogP contribution < -0.4 is 16.0 Å². The lowest BCUT2D eigenvalue weighted by atomic mass is 10.2. The standard InChI is InChI=1S/C18H20FN3O2/c1-12(2)22(14-6-4-3-5-7-14)17(23)11-21-13-8-9-15(18(20)24)16(19)10-13/h3-10,12,21H,11H2,1-2H3,(H2,20,24). The van der Waals surface area contributed by atoms with Crippen LogP contribution in [0.15, 0.2) is 48.5 Å². The summed E-state index contributed by atoms with van der Waals surface area (Å²) in [7, 11) is 0. The summed E-state index contributed by atoms with van der Waals surface area (Å²) in [6, 6.07) is 13.3. The van der Waals surface area contributed by atoms with Gasteiger partial charge in [-0.3, -0.25) is 9.59 Å². The Balaban J connectivity index is 2.09. The van der Waals surface area contributed by atoms with Crippen molar-refractivity contribution >= 4 is 23.2 Å². The molecule has 0 heterocycles. The van der Waals surface area contributed by atoms with Crippen LogP contribution in [0.4, 0.5) is 15.8 Å². The zero-order valence-electron chi connectivity index (χ0n) is 13.6. The van der Waals surface area contributed by atoms with Gasteiger partial charge in [0.15, 0.2) is 0 Å². The lowest BCUT2D eigenvalue weighted by molar-refractivity contribution is -0.117. The monoisotopic (exact) mass is 329 g/mol. The van der Waals surface area contributed by atoms with Crippen LogP contribution in [-0.4, -0.2) is 24.4 Å². The van der Waals surface area contributed by atoms with Gasteiger partial charge < -0.3 is 16.0 Å². The maximum absolute atomic E-state index is 13.7. The number of nitrogens with two attached hydrogens (primary N) is 1. The number of anilines is 2. The van der Waals surface area contributed by atoms with Crippen LogP contribution in [0.5, 0.6) is 0 Å². The second-order valence-corrected chi connectivity index (χ2v) is 5.61. The summed E-state index contributed by atoms with van der Waals surface area (Å²) in [5, 5.41) is 2.87. The van der Waals surface area contributed by atoms with E-state index in [-0.39, 0.29) is 24.1 Å². The number of hydrogen-bond donors (Lipinski definition) is 2. The summed E-state index contributed by atoms with van der Waals surface area (Å²) >= 11 is 0. The molecule has 0 unspecified atom stereocenters. The highest BCUT2D eigenvalue weighted by Crippen LogP contribution is 2.18. The van der Waals surface area contributed by atoms with E-state index in [0.29, 0.717) is 5.69 Å². The van der Waals surface area contributed by atoms with Gasteiger partial charge in [-0.15, -0.1) is 0 Å². The van der Waals surface area contributed by atoms with E-state index in [1.54, 1.807) is 4.90 Å². The number of benzene rings is 2. The van der Waals surface area contributed by atoms with Gasteiger partial charge in [-0.05, 0) is 44.2 Å². The van der Waals surface area contributed by atoms with Crippen LogP contribution >= 0.6 is 0 Å². The predicted octanol–water partition coefficient (Wildman–Crippen LogP) is 2.78. The molecular formula is C18H20FN3O2. The summed E-state index contributed by atoms with van der Waals surface area (Å²) in [6.07, 6.45) is 0. The van der Waals surface area contributed by atoms with Crippen LogP contribution in [0.25, 0.3) is 0 Å². The Morgan fingerprint density at radius 3 is 2.38 bits per heavy atom. The minimum absolute atomic E-state index is 0.00241. The van der Waals surface area contributed by atoms with E-state index in [1.807, 2.05) is 44.2 Å². The van der Waals surface area contributed by atoms with Crippen molar-refractivity contribution in [2.24, 2.45) is 5.73 Å². The molecule has 0 aromatic heterocycles. The zero-order chi connectivity index (χ0) is 17.7. The first-order valence-electron chi connectivity index (χ1n) is 7.60. The third-order valence-corrected chi connectivity index (χ3v) is 3.50. The van der Waals surface area contributed by atoms with Gasteiger partial charge in [-0.2, -0.15) is 0 Å². The van der Waals surface area contributed by atoms with Gasteiger partial charge in [0.25, 0.3) is 5.91 Å². The summed E-state index contributed by atoms with van der Waals surface area (Å²) in [5.41, 5.74) is 6.09. The molecule has 0 saturated carbocycles. The largest absolute Gasteiger partial charge is 0.376 e. The van der Waals surface area contributed by atoms with Crippen molar-refractivity contribution in [2.45, 2.75) is 19.9 Å². The highest BCUT2D eigenvalue weighted by atomic mass is 19.1. The zero-order valence-corrected chi connectivity index (χ0v) is 13.6. The normalized spacial score (nSPS) is 10.5. The van der Waals surface area contributed by atoms with Gasteiger partial charge >= 0.3 is 0 Å². The van der Waals surface area contributed by atoms with E-state index >= 15 is 0 Å². The van der Waals surface area contributed by atoms with Crippen LogP contribution in [0.2, 0.25) is 0 Å². The highest BCUT2D eigenvalue weighted by molar-refractivity contribution is 5.97. The number of nitrogens with one attached hydrogen (secondary N) is 1. The quantitative estimate of drug-likeness (QED) is 0.856. The number of carbonyl (C=O) groups excluding carboxylic acids is 2. The van der Waals surface area contributed by atoms with Crippen LogP contribution in [0, 0.1) is 5.82 Å². The Morgan fingerprint density at radius 2 is 1.83 bits per heavy atom. The van der Waals surface area contributed by atoms with Gasteiger partial charge in [0, 0.05) is 17.4 Å². The van der Waals surface area contributed by atoms with Crippen molar-refractivity contribution in [2.75, 3.05) is 16.8 Å². The van der Waals surface area contributed by atoms with E-state index < -0.39 is 11.7 Å². The van der Waals surface area contributed by atoms with E-state index in [0.717, 1.165) is 11.8 Å². The molecule has 24 heavy (non-hydrogen) atoms. The van der Waals surface area contributed by atoms with E-state index in [4.69, 9.17) is 5.73 Å². The fourth-order valence-corrected chi connectivity index (χ4v) is 2.41. The van der Waals surface area contributed by atoms with Crippen molar-refractivity contribution in [1.29, 1.82) is 0 Å². The topological polar surface area (TPSA) is 75.4 Å². The van der Waals surface area contributed by atoms with Crippen molar-refractivity contribution in [3.63, 3.8) is 0 Å². The molecule has 126 valence electrons. The molecule has 0 radical (unpaired) electrons. The van der Waals surface area contributed by atoms with E-state index in [2.05, 4.69) is 5.32 Å². The smallest absolute Gasteiger partial charge is 0.251 e. The number of carbonyl (C=O) groups is 2. The molecule has 3 N–H and O–H groups in total. The Labute approximate surface area is 140 Å². The molecule has 2 amide bonds. The molecule has 0 atom stereocenters. The number of amides is 2. The summed E-state index contributed by atoms with van der Waals surface area (Å²) in [6.45, 7) is 3.85. The fourth-order valence-electron chi connectivity index (χ4n) is 2.41. The highest BCUT2D eigenvalue weighted by Gasteiger charge is 2.18. The van der Waals surface area contributed by atoms with Crippen molar-refractivity contribution in [1.82, 2.24) is 0 Å². The third-order valence-electron chi connectivity index (χ3n) is 3.50. The van der Waals surface area contributed by atoms with Crippen molar-refractivity contribution < 1.29 is 14.0 Å². The molecule has 0 bridgehead atoms. The molecule has 6 heteroatoms. The van der Waals surface area contributed by atoms with Crippen LogP contribution in [0.1, 0.15) is 24.2 Å². The molecule has 5 nitrogen and oxygen atoms in total. The van der Waals surface area contributed by atoms with Crippen molar-refractivity contribution in [3.05, 3.63) is 59.9 Å². The number of para-hydroxylation sites is 1. The van der Waals surface area contributed by atoms with Gasteiger partial charge in [-0.1, -0.05) is 18.2 Å². The number of hydrogen-bond acceptors (Lipinski definition) is 3. The average Bonchev–Trinajstić information content (AvgIpc) is 2.53. The number of primary amides is 1. The number of halogens is 1. The lowest BCUT2D eigenvalue weighted by Gasteiger charge is -2.27. The molecule has 0 fully saturated rings. The first-order valence-corrected chi connectivity index (χ1v) is 7.60. The first-order chi connectivity index (χ1) is 11.4. The summed E-state index contributed by atoms with van der Waals surface area (Å²) in [4.78, 5) is 25.2. The Hall–Kier alpha value is -2.89. The molecule has 0 aliphatic heterocycles. The van der Waals surface area contributed by atoms with E-state index in [9.17, 15) is 14.0 Å². The van der Waals surface area contributed by atoms with E-state index in [1.165, 1.54) is 12.1 Å². The number of nitrogens with zero attached hydrogens (tertiary/aromatic N) is 1. The van der Waals surface area contributed by atoms with Crippen LogP contribution in [-0.2, 0) is 4.79 Å². The maximum atomic E-state index is 13.7. The second kappa shape index (κ2) is 7.59. The van der Waals surface area contributed by atoms with Crippen LogP contribution in [0.3, 0.4) is 0 Å². The fraction of sp³-hybridized carbons (Fsp3) is 0.222. The number of rotatable bonds is 6. The molecule has 2 aromatic carbocycles. The molecule has 2 aromatic rings. The predicted molar refractivity (Wildman–Crippen MR) is 92.5 cm³/mol. The van der Waals surface area contributed by atoms with Crippen molar-refractivity contribution in [3.8, 4) is 0 Å². The average molecular weight is 329 g/mol. The minimum atomic E-state index is -0.829. The maximum Gasteiger partial charge on any atom is 0.251 e. The first kappa shape index (κ1) is 17.5.